The van der Waals surface area contributed by atoms with Gasteiger partial charge in [-0.2, -0.15) is 0 Å². The summed E-state index contributed by atoms with van der Waals surface area (Å²) in [6, 6.07) is 5.18. The number of nitrogens with zero attached hydrogens (tertiary/aromatic N) is 1. The number of hydrogen-bond acceptors (Lipinski definition) is 2. The highest BCUT2D eigenvalue weighted by atomic mass is 35.5. The zero-order valence-electron chi connectivity index (χ0n) is 8.61. The number of halogens is 2. The third kappa shape index (κ3) is 2.45. The molecule has 17 heavy (non-hydrogen) atoms. The minimum Gasteiger partial charge on any atom is -0.314 e. The highest BCUT2D eigenvalue weighted by molar-refractivity contribution is 6.30. The minimum absolute atomic E-state index is 0.151. The Hall–Kier alpha value is -1.88. The Morgan fingerprint density at radius 1 is 1.29 bits per heavy atom. The molecule has 0 saturated heterocycles. The molecule has 1 heterocycles. The summed E-state index contributed by atoms with van der Waals surface area (Å²) < 4.78 is 14.3. The average molecular weight is 255 g/mol. The zero-order valence-corrected chi connectivity index (χ0v) is 9.37. The molecule has 1 aromatic heterocycles. The van der Waals surface area contributed by atoms with Crippen LogP contribution in [0.25, 0.3) is 0 Å². The first-order valence-corrected chi connectivity index (χ1v) is 5.18. The van der Waals surface area contributed by atoms with Gasteiger partial charge in [-0.25, -0.2) is 9.18 Å². The van der Waals surface area contributed by atoms with Crippen LogP contribution in [0.5, 0.6) is 0 Å². The topological polar surface area (TPSA) is 54.9 Å². The lowest BCUT2D eigenvalue weighted by atomic mass is 10.2. The van der Waals surface area contributed by atoms with Gasteiger partial charge in [0.15, 0.2) is 0 Å². The van der Waals surface area contributed by atoms with Crippen LogP contribution in [0.1, 0.15) is 5.56 Å². The Balaban J connectivity index is 2.48. The maximum absolute atomic E-state index is 13.4. The maximum atomic E-state index is 13.4. The molecule has 6 heteroatoms. The van der Waals surface area contributed by atoms with E-state index in [4.69, 9.17) is 11.6 Å². The molecule has 88 valence electrons. The number of aromatic amines is 1. The number of benzene rings is 1. The summed E-state index contributed by atoms with van der Waals surface area (Å²) in [5.41, 5.74) is -0.888. The summed E-state index contributed by atoms with van der Waals surface area (Å²) >= 11 is 5.72. The fourth-order valence-corrected chi connectivity index (χ4v) is 1.63. The average Bonchev–Trinajstić information content (AvgIpc) is 2.28. The largest absolute Gasteiger partial charge is 0.328 e. The van der Waals surface area contributed by atoms with Gasteiger partial charge in [-0.05, 0) is 18.2 Å². The molecule has 0 aliphatic heterocycles. The second-order valence-electron chi connectivity index (χ2n) is 3.44. The molecule has 0 amide bonds. The number of aromatic nitrogens is 2. The number of nitrogens with one attached hydrogen (secondary N) is 1. The number of hydrogen-bond donors (Lipinski definition) is 1. The van der Waals surface area contributed by atoms with Gasteiger partial charge in [-0.1, -0.05) is 11.6 Å². The second kappa shape index (κ2) is 4.55. The van der Waals surface area contributed by atoms with E-state index in [1.165, 1.54) is 30.5 Å². The summed E-state index contributed by atoms with van der Waals surface area (Å²) in [5.74, 6) is -0.510. The molecule has 0 fully saturated rings. The molecule has 0 aliphatic carbocycles. The summed E-state index contributed by atoms with van der Waals surface area (Å²) in [4.78, 5) is 25.2. The van der Waals surface area contributed by atoms with Crippen LogP contribution in [-0.4, -0.2) is 9.55 Å². The zero-order chi connectivity index (χ0) is 12.4. The third-order valence-electron chi connectivity index (χ3n) is 2.28. The highest BCUT2D eigenvalue weighted by Crippen LogP contribution is 2.14. The Bertz CT molecular complexity index is 635. The van der Waals surface area contributed by atoms with Crippen molar-refractivity contribution in [3.05, 3.63) is 67.7 Å². The van der Waals surface area contributed by atoms with E-state index in [0.29, 0.717) is 5.02 Å². The van der Waals surface area contributed by atoms with E-state index in [-0.39, 0.29) is 12.1 Å². The van der Waals surface area contributed by atoms with E-state index in [9.17, 15) is 14.0 Å². The van der Waals surface area contributed by atoms with Crippen LogP contribution in [0.3, 0.4) is 0 Å². The molecule has 2 rings (SSSR count). The Labute approximate surface area is 100 Å². The summed E-state index contributed by atoms with van der Waals surface area (Å²) in [6.07, 6.45) is 1.25. The SMILES string of the molecule is O=c1cc[nH]c(=O)n1Cc1cc(Cl)ccc1F. The summed E-state index contributed by atoms with van der Waals surface area (Å²) in [7, 11) is 0. The van der Waals surface area contributed by atoms with Crippen molar-refractivity contribution in [2.45, 2.75) is 6.54 Å². The van der Waals surface area contributed by atoms with E-state index in [2.05, 4.69) is 4.98 Å². The van der Waals surface area contributed by atoms with Crippen molar-refractivity contribution >= 4 is 11.6 Å². The van der Waals surface area contributed by atoms with Crippen LogP contribution in [0.2, 0.25) is 5.02 Å². The first-order valence-electron chi connectivity index (χ1n) is 4.80. The summed E-state index contributed by atoms with van der Waals surface area (Å²) in [6.45, 7) is -0.151. The maximum Gasteiger partial charge on any atom is 0.328 e. The van der Waals surface area contributed by atoms with Crippen molar-refractivity contribution in [1.29, 1.82) is 0 Å². The molecule has 0 aliphatic rings. The van der Waals surface area contributed by atoms with Gasteiger partial charge in [0, 0.05) is 22.8 Å². The third-order valence-corrected chi connectivity index (χ3v) is 2.52. The molecule has 0 bridgehead atoms. The molecule has 0 saturated carbocycles. The molecule has 4 nitrogen and oxygen atoms in total. The van der Waals surface area contributed by atoms with Crippen molar-refractivity contribution in [2.75, 3.05) is 0 Å². The van der Waals surface area contributed by atoms with E-state index in [1.807, 2.05) is 0 Å². The van der Waals surface area contributed by atoms with Crippen LogP contribution in [0.4, 0.5) is 4.39 Å². The van der Waals surface area contributed by atoms with Crippen molar-refractivity contribution < 1.29 is 4.39 Å². The lowest BCUT2D eigenvalue weighted by Crippen LogP contribution is -2.34. The first-order chi connectivity index (χ1) is 8.08. The van der Waals surface area contributed by atoms with Crippen LogP contribution >= 0.6 is 11.6 Å². The fourth-order valence-electron chi connectivity index (χ4n) is 1.44. The van der Waals surface area contributed by atoms with Crippen LogP contribution < -0.4 is 11.2 Å². The second-order valence-corrected chi connectivity index (χ2v) is 3.88. The predicted molar refractivity (Wildman–Crippen MR) is 61.8 cm³/mol. The van der Waals surface area contributed by atoms with Crippen molar-refractivity contribution in [3.8, 4) is 0 Å². The first kappa shape index (κ1) is 11.6. The molecule has 0 atom stereocenters. The fraction of sp³-hybridized carbons (Fsp3) is 0.0909. The van der Waals surface area contributed by atoms with Gasteiger partial charge in [0.1, 0.15) is 5.82 Å². The van der Waals surface area contributed by atoms with Crippen molar-refractivity contribution in [1.82, 2.24) is 9.55 Å². The van der Waals surface area contributed by atoms with Gasteiger partial charge >= 0.3 is 5.69 Å². The molecule has 0 radical (unpaired) electrons. The Morgan fingerprint density at radius 2 is 2.06 bits per heavy atom. The molecule has 0 unspecified atom stereocenters. The van der Waals surface area contributed by atoms with E-state index in [0.717, 1.165) is 4.57 Å². The molecule has 2 aromatic rings. The van der Waals surface area contributed by atoms with Gasteiger partial charge in [-0.3, -0.25) is 9.36 Å². The van der Waals surface area contributed by atoms with E-state index >= 15 is 0 Å². The van der Waals surface area contributed by atoms with Gasteiger partial charge in [0.25, 0.3) is 5.56 Å². The van der Waals surface area contributed by atoms with Gasteiger partial charge in [-0.15, -0.1) is 0 Å². The smallest absolute Gasteiger partial charge is 0.314 e. The molecular weight excluding hydrogens is 247 g/mol. The van der Waals surface area contributed by atoms with Crippen LogP contribution in [-0.2, 0) is 6.54 Å². The lowest BCUT2D eigenvalue weighted by Gasteiger charge is -2.05. The van der Waals surface area contributed by atoms with Crippen LogP contribution in [0.15, 0.2) is 40.1 Å². The number of H-pyrrole nitrogens is 1. The molecule has 1 N–H and O–H groups in total. The predicted octanol–water partition coefficient (Wildman–Crippen LogP) is 1.38. The monoisotopic (exact) mass is 254 g/mol. The Morgan fingerprint density at radius 3 is 2.76 bits per heavy atom. The van der Waals surface area contributed by atoms with Gasteiger partial charge < -0.3 is 4.98 Å². The van der Waals surface area contributed by atoms with E-state index < -0.39 is 17.1 Å². The van der Waals surface area contributed by atoms with E-state index in [1.54, 1.807) is 0 Å². The molecular formula is C11H8ClFN2O2. The Kier molecular flexibility index (Phi) is 3.10. The lowest BCUT2D eigenvalue weighted by molar-refractivity contribution is 0.589. The minimum atomic E-state index is -0.586. The van der Waals surface area contributed by atoms with Crippen molar-refractivity contribution in [2.24, 2.45) is 0 Å². The normalized spacial score (nSPS) is 10.5. The van der Waals surface area contributed by atoms with Gasteiger partial charge in [0.2, 0.25) is 0 Å². The number of rotatable bonds is 2. The van der Waals surface area contributed by atoms with Gasteiger partial charge in [0.05, 0.1) is 6.54 Å². The quantitative estimate of drug-likeness (QED) is 0.880. The summed E-state index contributed by atoms with van der Waals surface area (Å²) in [5, 5.41) is 0.349. The molecule has 0 spiro atoms. The highest BCUT2D eigenvalue weighted by Gasteiger charge is 2.07. The van der Waals surface area contributed by atoms with Crippen LogP contribution in [0, 0.1) is 5.82 Å². The standard InChI is InChI=1S/C11H8ClFN2O2/c12-8-1-2-9(13)7(5-8)6-15-10(16)3-4-14-11(15)17/h1-5H,6H2,(H,14,17). The molecule has 1 aromatic carbocycles. The van der Waals surface area contributed by atoms with Crippen molar-refractivity contribution in [3.63, 3.8) is 0 Å².